The Kier molecular flexibility index (Phi) is 5.88. The van der Waals surface area contributed by atoms with Crippen LogP contribution >= 0.6 is 0 Å². The predicted octanol–water partition coefficient (Wildman–Crippen LogP) is 4.44. The molecule has 0 amide bonds. The molecule has 166 valence electrons. The molecule has 1 N–H and O–H groups in total. The largest absolute Gasteiger partial charge is 0.453 e. The average molecular weight is 453 g/mol. The van der Waals surface area contributed by atoms with Crippen LogP contribution in [0.15, 0.2) is 62.9 Å². The molecule has 0 spiro atoms. The molecule has 8 heteroatoms. The molecule has 0 saturated carbocycles. The summed E-state index contributed by atoms with van der Waals surface area (Å²) in [6.45, 7) is 5.62. The van der Waals surface area contributed by atoms with Crippen LogP contribution in [-0.4, -0.2) is 20.1 Å². The molecule has 0 bridgehead atoms. The van der Waals surface area contributed by atoms with Crippen molar-refractivity contribution in [2.24, 2.45) is 5.10 Å². The molecule has 0 unspecified atom stereocenters. The number of hydrogen-bond acceptors (Lipinski definition) is 6. The summed E-state index contributed by atoms with van der Waals surface area (Å²) in [6, 6.07) is 13.6. The van der Waals surface area contributed by atoms with Gasteiger partial charge in [0.1, 0.15) is 11.5 Å². The van der Waals surface area contributed by atoms with Gasteiger partial charge in [-0.25, -0.2) is 4.79 Å². The lowest BCUT2D eigenvalue weighted by Crippen LogP contribution is -2.22. The fourth-order valence-electron chi connectivity index (χ4n) is 3.89. The highest BCUT2D eigenvalue weighted by atomic mass is 32.2. The van der Waals surface area contributed by atoms with E-state index in [0.717, 1.165) is 17.5 Å². The van der Waals surface area contributed by atoms with Crippen molar-refractivity contribution in [2.45, 2.75) is 44.9 Å². The number of nitrogens with one attached hydrogen (secondary N) is 1. The third-order valence-electron chi connectivity index (χ3n) is 5.27. The summed E-state index contributed by atoms with van der Waals surface area (Å²) in [5.41, 5.74) is 3.77. The van der Waals surface area contributed by atoms with Crippen molar-refractivity contribution in [3.05, 3.63) is 82.3 Å². The Morgan fingerprint density at radius 2 is 1.72 bits per heavy atom. The molecule has 0 aliphatic heterocycles. The molecule has 0 saturated heterocycles. The zero-order valence-corrected chi connectivity index (χ0v) is 19.0. The first-order chi connectivity index (χ1) is 15.2. The van der Waals surface area contributed by atoms with Crippen LogP contribution in [0.25, 0.3) is 0 Å². The summed E-state index contributed by atoms with van der Waals surface area (Å²) in [4.78, 5) is 15.2. The van der Waals surface area contributed by atoms with Crippen LogP contribution in [0, 0.1) is 20.8 Å². The molecule has 3 aromatic rings. The third kappa shape index (κ3) is 4.45. The summed E-state index contributed by atoms with van der Waals surface area (Å²) in [5, 5.41) is 4.18. The molecule has 7 nitrogen and oxygen atoms in total. The minimum atomic E-state index is -3.79. The topological polar surface area (TPSA) is 98.0 Å². The maximum absolute atomic E-state index is 12.8. The van der Waals surface area contributed by atoms with Gasteiger partial charge in [-0.1, -0.05) is 24.3 Å². The van der Waals surface area contributed by atoms with Gasteiger partial charge < -0.3 is 9.15 Å². The van der Waals surface area contributed by atoms with Gasteiger partial charge in [0.05, 0.1) is 10.6 Å². The molecule has 1 aliphatic rings. The number of furan rings is 1. The highest BCUT2D eigenvalue weighted by molar-refractivity contribution is 7.89. The van der Waals surface area contributed by atoms with Gasteiger partial charge >= 0.3 is 5.97 Å². The van der Waals surface area contributed by atoms with Crippen LogP contribution in [-0.2, 0) is 16.4 Å². The minimum Gasteiger partial charge on any atom is -0.453 e. The Morgan fingerprint density at radius 1 is 1.03 bits per heavy atom. The number of aryl methyl sites for hydroxylation is 3. The number of carbonyl (C=O) groups is 1. The second-order valence-electron chi connectivity index (χ2n) is 7.89. The van der Waals surface area contributed by atoms with E-state index in [1.165, 1.54) is 12.1 Å². The molecule has 0 atom stereocenters. The first kappa shape index (κ1) is 21.8. The first-order valence-electron chi connectivity index (χ1n) is 10.3. The number of hydrazone groups is 1. The molecule has 32 heavy (non-hydrogen) atoms. The van der Waals surface area contributed by atoms with Crippen molar-refractivity contribution in [1.29, 1.82) is 0 Å². The lowest BCUT2D eigenvalue weighted by Gasteiger charge is -2.14. The van der Waals surface area contributed by atoms with Crippen molar-refractivity contribution in [3.63, 3.8) is 0 Å². The standard InChI is InChI=1S/C24H24N2O5S/c1-15-12-16(2)14-18(13-15)30-24(27)23-17(3)22-20(10-7-11-21(22)31-23)25-26-32(28,29)19-8-5-4-6-9-19/h4-6,8-9,12-14,26H,7,10-11H2,1-3H3/b25-20+. The Morgan fingerprint density at radius 3 is 2.41 bits per heavy atom. The lowest BCUT2D eigenvalue weighted by atomic mass is 9.93. The van der Waals surface area contributed by atoms with Crippen LogP contribution < -0.4 is 9.57 Å². The summed E-state index contributed by atoms with van der Waals surface area (Å²) in [7, 11) is -3.79. The quantitative estimate of drug-likeness (QED) is 0.351. The lowest BCUT2D eigenvalue weighted by molar-refractivity contribution is 0.0698. The minimum absolute atomic E-state index is 0.106. The molecular weight excluding hydrogens is 428 g/mol. The normalized spacial score (nSPS) is 14.8. The summed E-state index contributed by atoms with van der Waals surface area (Å²) in [5.74, 6) is 0.574. The van der Waals surface area contributed by atoms with Crippen LogP contribution in [0.1, 0.15) is 51.4 Å². The number of rotatable bonds is 5. The number of hydrogen-bond donors (Lipinski definition) is 1. The van der Waals surface area contributed by atoms with E-state index in [-0.39, 0.29) is 10.7 Å². The second kappa shape index (κ2) is 8.63. The third-order valence-corrected chi connectivity index (χ3v) is 6.50. The Labute approximate surface area is 187 Å². The van der Waals surface area contributed by atoms with E-state index in [4.69, 9.17) is 9.15 Å². The number of fused-ring (bicyclic) bond motifs is 1. The average Bonchev–Trinajstić information content (AvgIpc) is 3.09. The highest BCUT2D eigenvalue weighted by Crippen LogP contribution is 2.31. The van der Waals surface area contributed by atoms with Crippen molar-refractivity contribution < 1.29 is 22.4 Å². The summed E-state index contributed by atoms with van der Waals surface area (Å²) >= 11 is 0. The van der Waals surface area contributed by atoms with Crippen molar-refractivity contribution in [1.82, 2.24) is 4.83 Å². The van der Waals surface area contributed by atoms with Gasteiger partial charge in [0.25, 0.3) is 10.0 Å². The van der Waals surface area contributed by atoms with Crippen LogP contribution in [0.2, 0.25) is 0 Å². The van der Waals surface area contributed by atoms with E-state index < -0.39 is 16.0 Å². The van der Waals surface area contributed by atoms with E-state index in [9.17, 15) is 13.2 Å². The van der Waals surface area contributed by atoms with Crippen molar-refractivity contribution >= 4 is 21.7 Å². The maximum atomic E-state index is 12.8. The van der Waals surface area contributed by atoms with E-state index >= 15 is 0 Å². The van der Waals surface area contributed by atoms with E-state index in [1.54, 1.807) is 37.3 Å². The van der Waals surface area contributed by atoms with Crippen LogP contribution in [0.3, 0.4) is 0 Å². The van der Waals surface area contributed by atoms with Gasteiger partial charge in [-0.3, -0.25) is 0 Å². The van der Waals surface area contributed by atoms with Gasteiger partial charge in [0.2, 0.25) is 5.76 Å². The molecule has 4 rings (SSSR count). The molecule has 1 heterocycles. The number of nitrogens with zero attached hydrogens (tertiary/aromatic N) is 1. The zero-order chi connectivity index (χ0) is 22.9. The summed E-state index contributed by atoms with van der Waals surface area (Å²) in [6.07, 6.45) is 1.94. The number of sulfonamides is 1. The maximum Gasteiger partial charge on any atom is 0.379 e. The predicted molar refractivity (Wildman–Crippen MR) is 121 cm³/mol. The Bertz CT molecular complexity index is 1290. The molecular formula is C24H24N2O5S. The van der Waals surface area contributed by atoms with Crippen LogP contribution in [0.4, 0.5) is 0 Å². The molecule has 1 aromatic heterocycles. The molecule has 1 aliphatic carbocycles. The summed E-state index contributed by atoms with van der Waals surface area (Å²) < 4.78 is 36.4. The number of carbonyl (C=O) groups excluding carboxylic acids is 1. The monoisotopic (exact) mass is 452 g/mol. The Balaban J connectivity index is 1.61. The van der Waals surface area contributed by atoms with Crippen molar-refractivity contribution in [3.8, 4) is 5.75 Å². The van der Waals surface area contributed by atoms with Crippen LogP contribution in [0.5, 0.6) is 5.75 Å². The molecule has 2 aromatic carbocycles. The second-order valence-corrected chi connectivity index (χ2v) is 9.55. The van der Waals surface area contributed by atoms with Gasteiger partial charge in [-0.15, -0.1) is 0 Å². The van der Waals surface area contributed by atoms with E-state index in [1.807, 2.05) is 19.9 Å². The molecule has 0 fully saturated rings. The molecule has 0 radical (unpaired) electrons. The number of benzene rings is 2. The van der Waals surface area contributed by atoms with Gasteiger partial charge in [-0.2, -0.15) is 18.4 Å². The first-order valence-corrected chi connectivity index (χ1v) is 11.8. The smallest absolute Gasteiger partial charge is 0.379 e. The highest BCUT2D eigenvalue weighted by Gasteiger charge is 2.29. The van der Waals surface area contributed by atoms with Crippen molar-refractivity contribution in [2.75, 3.05) is 0 Å². The zero-order valence-electron chi connectivity index (χ0n) is 18.1. The van der Waals surface area contributed by atoms with Gasteiger partial charge in [0, 0.05) is 17.5 Å². The Hall–Kier alpha value is -3.39. The van der Waals surface area contributed by atoms with E-state index in [0.29, 0.717) is 41.2 Å². The fraction of sp³-hybridized carbons (Fsp3) is 0.250. The number of esters is 1. The van der Waals surface area contributed by atoms with Gasteiger partial charge in [0.15, 0.2) is 0 Å². The van der Waals surface area contributed by atoms with E-state index in [2.05, 4.69) is 9.93 Å². The van der Waals surface area contributed by atoms with Gasteiger partial charge in [-0.05, 0) is 69.0 Å². The number of ether oxygens (including phenoxy) is 1. The SMILES string of the molecule is Cc1cc(C)cc(OC(=O)c2oc3c(c2C)/C(=N/NS(=O)(=O)c2ccccc2)CCC3)c1. The fourth-order valence-corrected chi connectivity index (χ4v) is 4.74.